The lowest BCUT2D eigenvalue weighted by Gasteiger charge is -2.27. The number of hydrogen-bond donors (Lipinski definition) is 1. The molecule has 3 aromatic rings. The summed E-state index contributed by atoms with van der Waals surface area (Å²) in [7, 11) is 1.45. The molecule has 4 amide bonds. The molecule has 1 heterocycles. The number of rotatable bonds is 6. The fourth-order valence-corrected chi connectivity index (χ4v) is 3.72. The molecule has 3 aromatic carbocycles. The summed E-state index contributed by atoms with van der Waals surface area (Å²) in [5.74, 6) is -1.48. The van der Waals surface area contributed by atoms with E-state index >= 15 is 0 Å². The van der Waals surface area contributed by atoms with Crippen molar-refractivity contribution in [3.8, 4) is 11.5 Å². The normalized spacial score (nSPS) is 15.1. The Morgan fingerprint density at radius 3 is 2.41 bits per heavy atom. The molecule has 0 unspecified atom stereocenters. The van der Waals surface area contributed by atoms with Crippen molar-refractivity contribution in [3.63, 3.8) is 0 Å². The molecule has 37 heavy (non-hydrogen) atoms. The zero-order chi connectivity index (χ0) is 26.7. The maximum absolute atomic E-state index is 13.3. The monoisotopic (exact) mass is 530 g/mol. The third kappa shape index (κ3) is 5.59. The minimum atomic E-state index is -4.75. The predicted molar refractivity (Wildman–Crippen MR) is 129 cm³/mol. The number of urea groups is 1. The van der Waals surface area contributed by atoms with Gasteiger partial charge in [-0.2, -0.15) is 13.2 Å². The summed E-state index contributed by atoms with van der Waals surface area (Å²) in [6, 6.07) is 14.8. The summed E-state index contributed by atoms with van der Waals surface area (Å²) in [5, 5.41) is 1.68. The van der Waals surface area contributed by atoms with Crippen LogP contribution in [0, 0.1) is 0 Å². The number of amides is 4. The molecule has 7 nitrogen and oxygen atoms in total. The highest BCUT2D eigenvalue weighted by Gasteiger charge is 2.39. The number of imide groups is 2. The average Bonchev–Trinajstić information content (AvgIpc) is 2.86. The summed E-state index contributed by atoms with van der Waals surface area (Å²) >= 11 is 6.03. The molecule has 0 radical (unpaired) electrons. The Labute approximate surface area is 214 Å². The molecule has 1 aliphatic rings. The maximum Gasteiger partial charge on any atom is 0.416 e. The highest BCUT2D eigenvalue weighted by molar-refractivity contribution is 6.42. The van der Waals surface area contributed by atoms with E-state index in [1.807, 2.05) is 35.6 Å². The van der Waals surface area contributed by atoms with Crippen LogP contribution in [0.1, 0.15) is 16.7 Å². The van der Waals surface area contributed by atoms with Crippen LogP contribution in [0.3, 0.4) is 0 Å². The van der Waals surface area contributed by atoms with E-state index in [9.17, 15) is 27.6 Å². The highest BCUT2D eigenvalue weighted by Crippen LogP contribution is 2.37. The molecule has 0 saturated carbocycles. The lowest BCUT2D eigenvalue weighted by atomic mass is 10.0. The molecular weight excluding hydrogens is 513 g/mol. The van der Waals surface area contributed by atoms with Gasteiger partial charge in [-0.3, -0.25) is 14.9 Å². The predicted octanol–water partition coefficient (Wildman–Crippen LogP) is 5.61. The molecule has 0 atom stereocenters. The Bertz CT molecular complexity index is 1410. The third-order valence-corrected chi connectivity index (χ3v) is 5.69. The first kappa shape index (κ1) is 25.8. The fraction of sp³-hybridized carbons (Fsp3) is 0.115. The molecule has 190 valence electrons. The highest BCUT2D eigenvalue weighted by atomic mass is 35.5. The molecular formula is C26H18ClF3N2O5. The van der Waals surface area contributed by atoms with E-state index in [1.54, 1.807) is 12.1 Å². The van der Waals surface area contributed by atoms with Gasteiger partial charge in [0, 0.05) is 11.6 Å². The number of anilines is 1. The summed E-state index contributed by atoms with van der Waals surface area (Å²) in [5.41, 5.74) is -1.01. The van der Waals surface area contributed by atoms with E-state index in [1.165, 1.54) is 19.3 Å². The molecule has 0 aliphatic carbocycles. The molecule has 0 spiro atoms. The fourth-order valence-electron chi connectivity index (χ4n) is 3.51. The first-order valence-corrected chi connectivity index (χ1v) is 11.1. The van der Waals surface area contributed by atoms with Crippen LogP contribution >= 0.6 is 11.6 Å². The number of nitrogens with zero attached hydrogens (tertiary/aromatic N) is 1. The van der Waals surface area contributed by atoms with Crippen molar-refractivity contribution in [3.05, 3.63) is 94.0 Å². The zero-order valence-electron chi connectivity index (χ0n) is 19.1. The Hall–Kier alpha value is -4.31. The van der Waals surface area contributed by atoms with E-state index in [-0.39, 0.29) is 17.4 Å². The van der Waals surface area contributed by atoms with Crippen molar-refractivity contribution in [1.29, 1.82) is 0 Å². The number of halogens is 4. The number of ether oxygens (including phenoxy) is 2. The van der Waals surface area contributed by atoms with Crippen LogP contribution in [0.4, 0.5) is 23.7 Å². The van der Waals surface area contributed by atoms with E-state index < -0.39 is 40.8 Å². The van der Waals surface area contributed by atoms with Crippen LogP contribution in [0.5, 0.6) is 11.5 Å². The van der Waals surface area contributed by atoms with Gasteiger partial charge < -0.3 is 9.47 Å². The number of carbonyl (C=O) groups is 3. The van der Waals surface area contributed by atoms with E-state index in [0.717, 1.165) is 11.6 Å². The summed E-state index contributed by atoms with van der Waals surface area (Å²) in [6.07, 6.45) is -3.57. The van der Waals surface area contributed by atoms with Gasteiger partial charge >= 0.3 is 12.2 Å². The Morgan fingerprint density at radius 1 is 1.00 bits per heavy atom. The average molecular weight is 531 g/mol. The van der Waals surface area contributed by atoms with Crippen LogP contribution in [-0.4, -0.2) is 25.0 Å². The summed E-state index contributed by atoms with van der Waals surface area (Å²) in [4.78, 5) is 38.7. The number of benzene rings is 3. The van der Waals surface area contributed by atoms with Crippen molar-refractivity contribution in [2.75, 3.05) is 12.0 Å². The van der Waals surface area contributed by atoms with Crippen molar-refractivity contribution in [2.24, 2.45) is 0 Å². The molecule has 0 aromatic heterocycles. The largest absolute Gasteiger partial charge is 0.497 e. The SMILES string of the molecule is COc1ccc(/C=C2/C(=O)NC(=O)N(c3cc(C(F)(F)F)ccc3Cl)C2=O)c(OCc2ccccc2)c1. The molecule has 1 N–H and O–H groups in total. The van der Waals surface area contributed by atoms with Gasteiger partial charge in [0.25, 0.3) is 11.8 Å². The van der Waals surface area contributed by atoms with Gasteiger partial charge in [-0.05, 0) is 42.0 Å². The van der Waals surface area contributed by atoms with Crippen LogP contribution in [0.2, 0.25) is 5.02 Å². The van der Waals surface area contributed by atoms with E-state index in [2.05, 4.69) is 0 Å². The number of alkyl halides is 3. The molecule has 1 aliphatic heterocycles. The second-order valence-corrected chi connectivity index (χ2v) is 8.21. The van der Waals surface area contributed by atoms with E-state index in [0.29, 0.717) is 28.3 Å². The Kier molecular flexibility index (Phi) is 7.21. The molecule has 0 bridgehead atoms. The van der Waals surface area contributed by atoms with Crippen molar-refractivity contribution >= 4 is 41.2 Å². The van der Waals surface area contributed by atoms with Gasteiger partial charge in [-0.25, -0.2) is 9.69 Å². The van der Waals surface area contributed by atoms with Crippen LogP contribution in [0.15, 0.2) is 72.3 Å². The first-order valence-electron chi connectivity index (χ1n) is 10.7. The van der Waals surface area contributed by atoms with Crippen molar-refractivity contribution < 1.29 is 37.0 Å². The van der Waals surface area contributed by atoms with Crippen molar-refractivity contribution in [1.82, 2.24) is 5.32 Å². The molecule has 1 fully saturated rings. The van der Waals surface area contributed by atoms with Crippen molar-refractivity contribution in [2.45, 2.75) is 12.8 Å². The molecule has 11 heteroatoms. The van der Waals surface area contributed by atoms with Gasteiger partial charge in [0.1, 0.15) is 23.7 Å². The lowest BCUT2D eigenvalue weighted by Crippen LogP contribution is -2.54. The Balaban J connectivity index is 1.73. The van der Waals surface area contributed by atoms with Gasteiger partial charge in [-0.1, -0.05) is 41.9 Å². The number of hydrogen-bond acceptors (Lipinski definition) is 5. The first-order chi connectivity index (χ1) is 17.6. The van der Waals surface area contributed by atoms with Gasteiger partial charge in [-0.15, -0.1) is 0 Å². The topological polar surface area (TPSA) is 84.9 Å². The molecule has 4 rings (SSSR count). The Morgan fingerprint density at radius 2 is 1.73 bits per heavy atom. The summed E-state index contributed by atoms with van der Waals surface area (Å²) in [6.45, 7) is 0.161. The van der Waals surface area contributed by atoms with Crippen LogP contribution in [0.25, 0.3) is 6.08 Å². The summed E-state index contributed by atoms with van der Waals surface area (Å²) < 4.78 is 50.9. The van der Waals surface area contributed by atoms with Gasteiger partial charge in [0.15, 0.2) is 0 Å². The van der Waals surface area contributed by atoms with Crippen LogP contribution < -0.4 is 19.7 Å². The van der Waals surface area contributed by atoms with Gasteiger partial charge in [0.2, 0.25) is 0 Å². The van der Waals surface area contributed by atoms with Crippen LogP contribution in [-0.2, 0) is 22.4 Å². The molecule has 1 saturated heterocycles. The third-order valence-electron chi connectivity index (χ3n) is 5.37. The second kappa shape index (κ2) is 10.4. The number of barbiturate groups is 1. The lowest BCUT2D eigenvalue weighted by molar-refractivity contribution is -0.137. The number of methoxy groups -OCH3 is 1. The standard InChI is InChI=1S/C26H18ClF3N2O5/c1-36-18-9-7-16(22(13-18)37-14-15-5-3-2-4-6-15)11-19-23(33)31-25(35)32(24(19)34)21-12-17(26(28,29)30)8-10-20(21)27/h2-13H,14H2,1H3,(H,31,33,35)/b19-11-. The quantitative estimate of drug-likeness (QED) is 0.331. The second-order valence-electron chi connectivity index (χ2n) is 7.80. The van der Waals surface area contributed by atoms with Gasteiger partial charge in [0.05, 0.1) is 23.4 Å². The number of nitrogens with one attached hydrogen (secondary N) is 1. The van der Waals surface area contributed by atoms with E-state index in [4.69, 9.17) is 21.1 Å². The minimum absolute atomic E-state index is 0.161. The maximum atomic E-state index is 13.3. The number of carbonyl (C=O) groups excluding carboxylic acids is 3. The zero-order valence-corrected chi connectivity index (χ0v) is 19.9. The minimum Gasteiger partial charge on any atom is -0.497 e. The smallest absolute Gasteiger partial charge is 0.416 e.